The third-order valence-corrected chi connectivity index (χ3v) is 6.58. The van der Waals surface area contributed by atoms with Crippen LogP contribution >= 0.6 is 0 Å². The van der Waals surface area contributed by atoms with Gasteiger partial charge in [0, 0.05) is 29.4 Å². The van der Waals surface area contributed by atoms with E-state index in [0.717, 1.165) is 6.42 Å². The Morgan fingerprint density at radius 1 is 0.824 bits per heavy atom. The normalized spacial score (nSPS) is 13.3. The number of hydrogen-bond acceptors (Lipinski definition) is 6. The van der Waals surface area contributed by atoms with E-state index in [1.165, 1.54) is 36.4 Å². The Morgan fingerprint density at radius 3 is 2.32 bits per heavy atom. The Labute approximate surface area is 194 Å². The van der Waals surface area contributed by atoms with Gasteiger partial charge in [0.25, 0.3) is 15.9 Å². The van der Waals surface area contributed by atoms with Crippen LogP contribution in [-0.4, -0.2) is 37.5 Å². The first-order chi connectivity index (χ1) is 16.4. The molecule has 174 valence electrons. The summed E-state index contributed by atoms with van der Waals surface area (Å²) in [5, 5.41) is 2.75. The number of amides is 1. The standard InChI is InChI=1S/C23H20N4O6S/c28-22(24-16-6-8-18-19(12-16)26-23(29)25-18)14-2-4-15(5-3-14)27-34(30,31)17-7-9-20-21(13-17)33-11-1-10-32-20/h2-9,12-13,27H,1,10-11H2,(H,24,28)(H2,25,26,29). The Morgan fingerprint density at radius 2 is 1.53 bits per heavy atom. The number of rotatable bonds is 5. The Hall–Kier alpha value is -4.25. The molecular weight excluding hydrogens is 460 g/mol. The number of anilines is 2. The lowest BCUT2D eigenvalue weighted by atomic mass is 10.2. The van der Waals surface area contributed by atoms with Gasteiger partial charge in [0.05, 0.1) is 29.1 Å². The largest absolute Gasteiger partial charge is 0.490 e. The molecule has 0 saturated carbocycles. The summed E-state index contributed by atoms with van der Waals surface area (Å²) in [5.74, 6) is 0.512. The molecule has 5 rings (SSSR count). The molecule has 11 heteroatoms. The van der Waals surface area contributed by atoms with Gasteiger partial charge in [0.15, 0.2) is 11.5 Å². The Bertz CT molecular complexity index is 1540. The zero-order valence-electron chi connectivity index (χ0n) is 17.8. The van der Waals surface area contributed by atoms with Crippen molar-refractivity contribution in [1.29, 1.82) is 0 Å². The van der Waals surface area contributed by atoms with Crippen molar-refractivity contribution in [2.45, 2.75) is 11.3 Å². The maximum Gasteiger partial charge on any atom is 0.323 e. The van der Waals surface area contributed by atoms with Crippen molar-refractivity contribution in [3.05, 3.63) is 76.7 Å². The highest BCUT2D eigenvalue weighted by Crippen LogP contribution is 2.32. The minimum absolute atomic E-state index is 0.0387. The van der Waals surface area contributed by atoms with E-state index in [1.807, 2.05) is 0 Å². The molecule has 1 aliphatic heterocycles. The van der Waals surface area contributed by atoms with Gasteiger partial charge in [0.2, 0.25) is 0 Å². The van der Waals surface area contributed by atoms with E-state index in [9.17, 15) is 18.0 Å². The van der Waals surface area contributed by atoms with Crippen molar-refractivity contribution in [1.82, 2.24) is 9.97 Å². The fourth-order valence-electron chi connectivity index (χ4n) is 3.53. The first-order valence-electron chi connectivity index (χ1n) is 10.4. The summed E-state index contributed by atoms with van der Waals surface area (Å²) < 4.78 is 39.3. The number of sulfonamides is 1. The number of benzene rings is 3. The van der Waals surface area contributed by atoms with Crippen LogP contribution in [0.3, 0.4) is 0 Å². The topological polar surface area (TPSA) is 142 Å². The number of hydrogen-bond donors (Lipinski definition) is 4. The second kappa shape index (κ2) is 8.60. The second-order valence-electron chi connectivity index (χ2n) is 7.64. The van der Waals surface area contributed by atoms with E-state index < -0.39 is 10.0 Å². The highest BCUT2D eigenvalue weighted by molar-refractivity contribution is 7.92. The van der Waals surface area contributed by atoms with Gasteiger partial charge in [-0.2, -0.15) is 0 Å². The summed E-state index contributed by atoms with van der Waals surface area (Å²) >= 11 is 0. The van der Waals surface area contributed by atoms with Gasteiger partial charge in [-0.25, -0.2) is 13.2 Å². The highest BCUT2D eigenvalue weighted by Gasteiger charge is 2.19. The number of H-pyrrole nitrogens is 2. The fourth-order valence-corrected chi connectivity index (χ4v) is 4.60. The van der Waals surface area contributed by atoms with Gasteiger partial charge in [0.1, 0.15) is 0 Å². The number of aromatic amines is 2. The molecule has 0 aliphatic carbocycles. The van der Waals surface area contributed by atoms with E-state index in [1.54, 1.807) is 24.3 Å². The molecule has 0 radical (unpaired) electrons. The van der Waals surface area contributed by atoms with E-state index in [0.29, 0.717) is 52.7 Å². The lowest BCUT2D eigenvalue weighted by Crippen LogP contribution is -2.14. The summed E-state index contributed by atoms with van der Waals surface area (Å²) in [5.41, 5.74) is 2.02. The number of aromatic nitrogens is 2. The van der Waals surface area contributed by atoms with Gasteiger partial charge < -0.3 is 24.8 Å². The molecule has 1 aromatic heterocycles. The number of fused-ring (bicyclic) bond motifs is 2. The molecule has 0 bridgehead atoms. The third kappa shape index (κ3) is 4.46. The first-order valence-corrected chi connectivity index (χ1v) is 11.9. The quantitative estimate of drug-likeness (QED) is 0.346. The summed E-state index contributed by atoms with van der Waals surface area (Å²) in [4.78, 5) is 29.3. The summed E-state index contributed by atoms with van der Waals surface area (Å²) in [6, 6.07) is 15.5. The number of imidazole rings is 1. The Balaban J connectivity index is 1.29. The first kappa shape index (κ1) is 21.6. The van der Waals surface area contributed by atoms with Crippen molar-refractivity contribution >= 4 is 38.3 Å². The predicted octanol–water partition coefficient (Wildman–Crippen LogP) is 3.07. The summed E-state index contributed by atoms with van der Waals surface area (Å²) in [6.07, 6.45) is 0.717. The van der Waals surface area contributed by atoms with E-state index in [2.05, 4.69) is 20.0 Å². The fraction of sp³-hybridized carbons (Fsp3) is 0.130. The molecule has 0 fully saturated rings. The molecule has 0 atom stereocenters. The van der Waals surface area contributed by atoms with Gasteiger partial charge in [-0.3, -0.25) is 9.52 Å². The van der Waals surface area contributed by atoms with Gasteiger partial charge in [-0.05, 0) is 54.6 Å². The maximum atomic E-state index is 12.8. The second-order valence-corrected chi connectivity index (χ2v) is 9.32. The molecule has 4 aromatic rings. The monoisotopic (exact) mass is 480 g/mol. The van der Waals surface area contributed by atoms with Gasteiger partial charge in [-0.1, -0.05) is 0 Å². The predicted molar refractivity (Wildman–Crippen MR) is 126 cm³/mol. The molecule has 0 unspecified atom stereocenters. The van der Waals surface area contributed by atoms with Crippen molar-refractivity contribution in [2.24, 2.45) is 0 Å². The lowest BCUT2D eigenvalue weighted by Gasteiger charge is -2.12. The molecule has 2 heterocycles. The zero-order valence-corrected chi connectivity index (χ0v) is 18.6. The lowest BCUT2D eigenvalue weighted by molar-refractivity contribution is 0.102. The van der Waals surface area contributed by atoms with Gasteiger partial charge in [-0.15, -0.1) is 0 Å². The molecule has 4 N–H and O–H groups in total. The van der Waals surface area contributed by atoms with Crippen molar-refractivity contribution in [3.63, 3.8) is 0 Å². The molecule has 1 amide bonds. The number of nitrogens with one attached hydrogen (secondary N) is 4. The van der Waals surface area contributed by atoms with Crippen LogP contribution in [0.2, 0.25) is 0 Å². The molecule has 1 aliphatic rings. The van der Waals surface area contributed by atoms with Crippen LogP contribution in [0.25, 0.3) is 11.0 Å². The average Bonchev–Trinajstić information content (AvgIpc) is 3.02. The molecule has 0 saturated heterocycles. The minimum atomic E-state index is -3.88. The van der Waals surface area contributed by atoms with Crippen LogP contribution in [0.5, 0.6) is 11.5 Å². The molecule has 0 spiro atoms. The molecule has 10 nitrogen and oxygen atoms in total. The van der Waals surface area contributed by atoms with Gasteiger partial charge >= 0.3 is 5.69 Å². The highest BCUT2D eigenvalue weighted by atomic mass is 32.2. The molecule has 3 aromatic carbocycles. The SMILES string of the molecule is O=C(Nc1ccc2[nH]c(=O)[nH]c2c1)c1ccc(NS(=O)(=O)c2ccc3c(c2)OCCCO3)cc1. The minimum Gasteiger partial charge on any atom is -0.490 e. The third-order valence-electron chi connectivity index (χ3n) is 5.20. The van der Waals surface area contributed by atoms with Crippen LogP contribution in [-0.2, 0) is 10.0 Å². The molecular formula is C23H20N4O6S. The summed E-state index contributed by atoms with van der Waals surface area (Å²) in [6.45, 7) is 0.960. The number of carbonyl (C=O) groups is 1. The Kier molecular flexibility index (Phi) is 5.46. The van der Waals surface area contributed by atoms with Crippen LogP contribution in [0, 0.1) is 0 Å². The van der Waals surface area contributed by atoms with Crippen LogP contribution in [0.1, 0.15) is 16.8 Å². The number of ether oxygens (including phenoxy) is 2. The van der Waals surface area contributed by atoms with Crippen molar-refractivity contribution < 1.29 is 22.7 Å². The smallest absolute Gasteiger partial charge is 0.323 e. The zero-order chi connectivity index (χ0) is 23.7. The van der Waals surface area contributed by atoms with Crippen molar-refractivity contribution in [3.8, 4) is 11.5 Å². The molecule has 34 heavy (non-hydrogen) atoms. The summed E-state index contributed by atoms with van der Waals surface area (Å²) in [7, 11) is -3.88. The van der Waals surface area contributed by atoms with E-state index in [-0.39, 0.29) is 16.5 Å². The van der Waals surface area contributed by atoms with E-state index in [4.69, 9.17) is 9.47 Å². The number of carbonyl (C=O) groups excluding carboxylic acids is 1. The average molecular weight is 481 g/mol. The van der Waals surface area contributed by atoms with Crippen LogP contribution in [0.15, 0.2) is 70.4 Å². The van der Waals surface area contributed by atoms with E-state index >= 15 is 0 Å². The van der Waals surface area contributed by atoms with Crippen molar-refractivity contribution in [2.75, 3.05) is 23.3 Å². The van der Waals surface area contributed by atoms with Crippen LogP contribution in [0.4, 0.5) is 11.4 Å². The van der Waals surface area contributed by atoms with Crippen LogP contribution < -0.4 is 25.2 Å². The maximum absolute atomic E-state index is 12.8.